The second-order valence-corrected chi connectivity index (χ2v) is 13.3. The molecule has 0 heterocycles. The summed E-state index contributed by atoms with van der Waals surface area (Å²) in [7, 11) is 0. The Balaban J connectivity index is 1.25. The van der Waals surface area contributed by atoms with E-state index in [4.69, 9.17) is 0 Å². The van der Waals surface area contributed by atoms with Gasteiger partial charge in [-0.2, -0.15) is 0 Å². The third-order valence-corrected chi connectivity index (χ3v) is 10.2. The standard InChI is InChI=1S/C47H35N/c1-47(2)43-25-12-16-34-28-31-41(40-23-11-15-32-14-9-10-21-38(32)40)45(44(34)43)42-24-13-22-39(46(42)47)33-26-29-37(30-27-33)48(35-17-5-3-6-18-35)36-19-7-4-8-20-36/h3-31H,1-2H3. The van der Waals surface area contributed by atoms with Gasteiger partial charge in [0.05, 0.1) is 0 Å². The summed E-state index contributed by atoms with van der Waals surface area (Å²) in [5, 5.41) is 5.21. The molecule has 0 aliphatic heterocycles. The van der Waals surface area contributed by atoms with E-state index in [9.17, 15) is 0 Å². The Bertz CT molecular complexity index is 2410. The maximum Gasteiger partial charge on any atom is 0.0462 e. The van der Waals surface area contributed by atoms with Crippen LogP contribution in [0, 0.1) is 0 Å². The monoisotopic (exact) mass is 613 g/mol. The molecule has 8 aromatic carbocycles. The predicted molar refractivity (Wildman–Crippen MR) is 205 cm³/mol. The molecule has 0 spiro atoms. The summed E-state index contributed by atoms with van der Waals surface area (Å²) in [6, 6.07) is 64.2. The van der Waals surface area contributed by atoms with E-state index in [-0.39, 0.29) is 5.41 Å². The van der Waals surface area contributed by atoms with Crippen LogP contribution in [0.5, 0.6) is 0 Å². The summed E-state index contributed by atoms with van der Waals surface area (Å²) >= 11 is 0. The lowest BCUT2D eigenvalue weighted by Gasteiger charge is -2.38. The lowest BCUT2D eigenvalue weighted by Crippen LogP contribution is -2.25. The third-order valence-electron chi connectivity index (χ3n) is 10.2. The quantitative estimate of drug-likeness (QED) is 0.187. The largest absolute Gasteiger partial charge is 0.311 e. The Kier molecular flexibility index (Phi) is 6.55. The Labute approximate surface area is 282 Å². The van der Waals surface area contributed by atoms with Gasteiger partial charge >= 0.3 is 0 Å². The molecule has 8 aromatic rings. The van der Waals surface area contributed by atoms with E-state index < -0.39 is 0 Å². The highest BCUT2D eigenvalue weighted by molar-refractivity contribution is 6.13. The molecule has 1 aliphatic carbocycles. The van der Waals surface area contributed by atoms with Crippen LogP contribution in [0.2, 0.25) is 0 Å². The van der Waals surface area contributed by atoms with Crippen LogP contribution in [0.4, 0.5) is 17.1 Å². The smallest absolute Gasteiger partial charge is 0.0462 e. The molecule has 0 amide bonds. The van der Waals surface area contributed by atoms with E-state index >= 15 is 0 Å². The first kappa shape index (κ1) is 28.3. The van der Waals surface area contributed by atoms with Crippen LogP contribution in [0.3, 0.4) is 0 Å². The van der Waals surface area contributed by atoms with Crippen molar-refractivity contribution < 1.29 is 0 Å². The topological polar surface area (TPSA) is 3.24 Å². The number of rotatable bonds is 5. The molecule has 1 aliphatic rings. The second-order valence-electron chi connectivity index (χ2n) is 13.3. The number of nitrogens with zero attached hydrogens (tertiary/aromatic N) is 1. The van der Waals surface area contributed by atoms with E-state index in [1.54, 1.807) is 0 Å². The van der Waals surface area contributed by atoms with Crippen LogP contribution in [0.25, 0.3) is 54.9 Å². The molecule has 1 nitrogen and oxygen atoms in total. The van der Waals surface area contributed by atoms with Gasteiger partial charge in [-0.05, 0) is 102 Å². The van der Waals surface area contributed by atoms with E-state index in [1.165, 1.54) is 66.1 Å². The van der Waals surface area contributed by atoms with Gasteiger partial charge in [-0.15, -0.1) is 0 Å². The summed E-state index contributed by atoms with van der Waals surface area (Å²) in [6.45, 7) is 4.80. The molecule has 48 heavy (non-hydrogen) atoms. The van der Waals surface area contributed by atoms with Crippen molar-refractivity contribution in [3.05, 3.63) is 187 Å². The average Bonchev–Trinajstić information content (AvgIpc) is 3.14. The first-order valence-corrected chi connectivity index (χ1v) is 16.8. The maximum atomic E-state index is 2.40. The Morgan fingerprint density at radius 3 is 1.71 bits per heavy atom. The van der Waals surface area contributed by atoms with Crippen LogP contribution >= 0.6 is 0 Å². The predicted octanol–water partition coefficient (Wildman–Crippen LogP) is 13.1. The Hall–Kier alpha value is -5.92. The SMILES string of the molecule is CC1(C)c2c(-c3ccc(N(c4ccccc4)c4ccccc4)cc3)cccc2-c2c(-c3cccc4ccccc34)ccc3cccc1c23. The van der Waals surface area contributed by atoms with Gasteiger partial charge in [-0.1, -0.05) is 153 Å². The molecule has 0 unspecified atom stereocenters. The number of hydrogen-bond donors (Lipinski definition) is 0. The van der Waals surface area contributed by atoms with E-state index in [0.29, 0.717) is 0 Å². The summed E-state index contributed by atoms with van der Waals surface area (Å²) in [6.07, 6.45) is 0. The number of fused-ring (bicyclic) bond motifs is 3. The van der Waals surface area contributed by atoms with Crippen molar-refractivity contribution in [3.63, 3.8) is 0 Å². The van der Waals surface area contributed by atoms with Crippen LogP contribution < -0.4 is 4.90 Å². The van der Waals surface area contributed by atoms with Gasteiger partial charge in [-0.3, -0.25) is 0 Å². The van der Waals surface area contributed by atoms with Crippen molar-refractivity contribution in [2.45, 2.75) is 19.3 Å². The summed E-state index contributed by atoms with van der Waals surface area (Å²) < 4.78 is 0. The Morgan fingerprint density at radius 2 is 0.958 bits per heavy atom. The molecular weight excluding hydrogens is 579 g/mol. The zero-order valence-corrected chi connectivity index (χ0v) is 27.2. The highest BCUT2D eigenvalue weighted by atomic mass is 15.1. The van der Waals surface area contributed by atoms with Gasteiger partial charge < -0.3 is 4.90 Å². The highest BCUT2D eigenvalue weighted by Gasteiger charge is 2.36. The minimum atomic E-state index is -0.200. The molecule has 0 saturated heterocycles. The highest BCUT2D eigenvalue weighted by Crippen LogP contribution is 2.54. The maximum absolute atomic E-state index is 2.40. The third kappa shape index (κ3) is 4.39. The fourth-order valence-electron chi connectivity index (χ4n) is 8.07. The van der Waals surface area contributed by atoms with Crippen LogP contribution in [-0.4, -0.2) is 0 Å². The molecule has 0 bridgehead atoms. The fraction of sp³-hybridized carbons (Fsp3) is 0.0638. The molecule has 0 fully saturated rings. The van der Waals surface area contributed by atoms with Gasteiger partial charge in [0.15, 0.2) is 0 Å². The van der Waals surface area contributed by atoms with Gasteiger partial charge in [0.2, 0.25) is 0 Å². The number of benzene rings is 8. The molecular formula is C47H35N. The first-order valence-electron chi connectivity index (χ1n) is 16.8. The molecule has 1 heteroatoms. The minimum Gasteiger partial charge on any atom is -0.311 e. The molecule has 228 valence electrons. The molecule has 0 radical (unpaired) electrons. The van der Waals surface area contributed by atoms with Crippen LogP contribution in [0.15, 0.2) is 176 Å². The lowest BCUT2D eigenvalue weighted by atomic mass is 9.65. The molecule has 0 N–H and O–H groups in total. The van der Waals surface area contributed by atoms with Gasteiger partial charge in [0.25, 0.3) is 0 Å². The van der Waals surface area contributed by atoms with Crippen molar-refractivity contribution >= 4 is 38.6 Å². The summed E-state index contributed by atoms with van der Waals surface area (Å²) in [5.41, 5.74) is 13.7. The van der Waals surface area contributed by atoms with Crippen molar-refractivity contribution in [2.24, 2.45) is 0 Å². The van der Waals surface area contributed by atoms with Gasteiger partial charge in [0.1, 0.15) is 0 Å². The van der Waals surface area contributed by atoms with Crippen molar-refractivity contribution in [2.75, 3.05) is 4.90 Å². The van der Waals surface area contributed by atoms with Crippen molar-refractivity contribution in [1.29, 1.82) is 0 Å². The summed E-state index contributed by atoms with van der Waals surface area (Å²) in [4.78, 5) is 2.32. The van der Waals surface area contributed by atoms with E-state index in [2.05, 4.69) is 195 Å². The minimum absolute atomic E-state index is 0.200. The molecule has 0 saturated carbocycles. The molecule has 0 aromatic heterocycles. The Morgan fingerprint density at radius 1 is 0.396 bits per heavy atom. The number of anilines is 3. The average molecular weight is 614 g/mol. The lowest BCUT2D eigenvalue weighted by molar-refractivity contribution is 0.647. The van der Waals surface area contributed by atoms with Crippen molar-refractivity contribution in [1.82, 2.24) is 0 Å². The van der Waals surface area contributed by atoms with Gasteiger partial charge in [-0.25, -0.2) is 0 Å². The normalized spacial score (nSPS) is 13.0. The number of para-hydroxylation sites is 2. The first-order chi connectivity index (χ1) is 23.6. The molecule has 0 atom stereocenters. The zero-order valence-electron chi connectivity index (χ0n) is 27.2. The van der Waals surface area contributed by atoms with E-state index in [0.717, 1.165) is 17.1 Å². The van der Waals surface area contributed by atoms with E-state index in [1.807, 2.05) is 0 Å². The second kappa shape index (κ2) is 11.1. The van der Waals surface area contributed by atoms with Crippen molar-refractivity contribution in [3.8, 4) is 33.4 Å². The zero-order chi connectivity index (χ0) is 32.2. The van der Waals surface area contributed by atoms with Crippen LogP contribution in [-0.2, 0) is 5.41 Å². The molecule has 9 rings (SSSR count). The number of hydrogen-bond acceptors (Lipinski definition) is 1. The van der Waals surface area contributed by atoms with Gasteiger partial charge in [0, 0.05) is 22.5 Å². The van der Waals surface area contributed by atoms with Crippen LogP contribution in [0.1, 0.15) is 25.0 Å². The summed E-state index contributed by atoms with van der Waals surface area (Å²) in [5.74, 6) is 0. The fourth-order valence-corrected chi connectivity index (χ4v) is 8.07.